The molecule has 145 valence electrons. The first-order valence-corrected chi connectivity index (χ1v) is 12.7. The van der Waals surface area contributed by atoms with Crippen LogP contribution in [0.5, 0.6) is 0 Å². The molecule has 1 aliphatic heterocycles. The van der Waals surface area contributed by atoms with E-state index in [4.69, 9.17) is 9.31 Å². The summed E-state index contributed by atoms with van der Waals surface area (Å²) in [4.78, 5) is 0. The maximum absolute atomic E-state index is 6.53. The zero-order chi connectivity index (χ0) is 19.0. The van der Waals surface area contributed by atoms with Crippen molar-refractivity contribution >= 4 is 15.9 Å². The summed E-state index contributed by atoms with van der Waals surface area (Å²) in [7, 11) is -0.220. The molecule has 0 aromatic carbocycles. The molecule has 0 amide bonds. The second kappa shape index (κ2) is 7.67. The fraction of sp³-hybridized carbons (Fsp3) is 1.00. The summed E-state index contributed by atoms with van der Waals surface area (Å²) in [6.07, 6.45) is 4.02. The highest BCUT2D eigenvalue weighted by Gasteiger charge is 2.56. The molecule has 2 fully saturated rings. The predicted octanol–water partition coefficient (Wildman–Crippen LogP) is 6.45. The van der Waals surface area contributed by atoms with Crippen molar-refractivity contribution in [3.63, 3.8) is 0 Å². The molecule has 0 aromatic heterocycles. The van der Waals surface area contributed by atoms with E-state index in [1.165, 1.54) is 37.4 Å². The van der Waals surface area contributed by atoms with Crippen molar-refractivity contribution in [1.82, 2.24) is 0 Å². The highest BCUT2D eigenvalue weighted by atomic mass is 28.3. The highest BCUT2D eigenvalue weighted by Crippen LogP contribution is 2.52. The SMILES string of the molecule is CC[Si](CC)C[C@@H]1CC[C@H](C(C)(C)C)C[C@@H]1B1OC(C)(C)C(C)(C)O1. The molecular formula is C21H42BO2Si. The van der Waals surface area contributed by atoms with E-state index in [0.29, 0.717) is 11.2 Å². The lowest BCUT2D eigenvalue weighted by Gasteiger charge is -2.43. The molecule has 2 nitrogen and oxygen atoms in total. The van der Waals surface area contributed by atoms with E-state index in [1.807, 2.05) is 0 Å². The average molecular weight is 365 g/mol. The smallest absolute Gasteiger partial charge is 0.403 e. The highest BCUT2D eigenvalue weighted by molar-refractivity contribution is 6.59. The van der Waals surface area contributed by atoms with Crippen LogP contribution in [0.4, 0.5) is 0 Å². The van der Waals surface area contributed by atoms with E-state index >= 15 is 0 Å². The Hall–Kier alpha value is 0.202. The van der Waals surface area contributed by atoms with E-state index in [9.17, 15) is 0 Å². The van der Waals surface area contributed by atoms with Crippen LogP contribution in [0.3, 0.4) is 0 Å². The zero-order valence-corrected chi connectivity index (χ0v) is 19.4. The van der Waals surface area contributed by atoms with Gasteiger partial charge in [-0.2, -0.15) is 0 Å². The van der Waals surface area contributed by atoms with Crippen LogP contribution in [0.1, 0.15) is 81.6 Å². The molecule has 4 heteroatoms. The Bertz CT molecular complexity index is 424. The molecule has 0 bridgehead atoms. The fourth-order valence-electron chi connectivity index (χ4n) is 4.61. The van der Waals surface area contributed by atoms with Crippen LogP contribution >= 0.6 is 0 Å². The van der Waals surface area contributed by atoms with Gasteiger partial charge in [0.15, 0.2) is 0 Å². The Morgan fingerprint density at radius 3 is 1.92 bits per heavy atom. The van der Waals surface area contributed by atoms with Crippen molar-refractivity contribution in [3.8, 4) is 0 Å². The molecule has 1 saturated heterocycles. The summed E-state index contributed by atoms with van der Waals surface area (Å²) in [5, 5.41) is 0. The molecule has 2 rings (SSSR count). The van der Waals surface area contributed by atoms with Gasteiger partial charge in [0, 0.05) is 8.80 Å². The number of rotatable bonds is 5. The van der Waals surface area contributed by atoms with Crippen molar-refractivity contribution in [2.75, 3.05) is 0 Å². The lowest BCUT2D eigenvalue weighted by Crippen LogP contribution is -2.41. The molecule has 2 aliphatic rings. The molecule has 3 atom stereocenters. The van der Waals surface area contributed by atoms with Crippen molar-refractivity contribution < 1.29 is 9.31 Å². The fourth-order valence-corrected chi connectivity index (χ4v) is 6.94. The standard InChI is InChI=1S/C21H42BO2Si/c1-10-25(11-2)15-16-12-13-17(19(3,4)5)14-18(16)22-23-20(6,7)21(8,9)24-22/h16-18H,10-15H2,1-9H3/t16-,17-,18-/m0/s1. The minimum atomic E-state index is -0.208. The molecule has 0 spiro atoms. The molecule has 0 N–H and O–H groups in total. The Morgan fingerprint density at radius 2 is 1.48 bits per heavy atom. The number of hydrogen-bond acceptors (Lipinski definition) is 2. The van der Waals surface area contributed by atoms with Crippen LogP contribution in [0, 0.1) is 17.3 Å². The summed E-state index contributed by atoms with van der Waals surface area (Å²) >= 11 is 0. The lowest BCUT2D eigenvalue weighted by molar-refractivity contribution is 0.00578. The molecule has 1 saturated carbocycles. The third kappa shape index (κ3) is 4.73. The van der Waals surface area contributed by atoms with Gasteiger partial charge >= 0.3 is 7.12 Å². The molecule has 1 aliphatic carbocycles. The quantitative estimate of drug-likeness (QED) is 0.522. The van der Waals surface area contributed by atoms with Crippen LogP contribution in [-0.2, 0) is 9.31 Å². The van der Waals surface area contributed by atoms with Crippen molar-refractivity contribution in [3.05, 3.63) is 0 Å². The maximum Gasteiger partial charge on any atom is 0.461 e. The second-order valence-corrected chi connectivity index (χ2v) is 13.9. The van der Waals surface area contributed by atoms with Crippen molar-refractivity contribution in [2.24, 2.45) is 17.3 Å². The van der Waals surface area contributed by atoms with Gasteiger partial charge in [0.05, 0.1) is 11.2 Å². The summed E-state index contributed by atoms with van der Waals surface area (Å²) in [6.45, 7) is 20.8. The minimum absolute atomic E-state index is 0.0166. The van der Waals surface area contributed by atoms with Crippen molar-refractivity contribution in [1.29, 1.82) is 0 Å². The second-order valence-electron chi connectivity index (χ2n) is 10.6. The summed E-state index contributed by atoms with van der Waals surface area (Å²) in [6, 6.07) is 4.25. The number of hydrogen-bond donors (Lipinski definition) is 0. The minimum Gasteiger partial charge on any atom is -0.403 e. The van der Waals surface area contributed by atoms with E-state index in [-0.39, 0.29) is 27.1 Å². The van der Waals surface area contributed by atoms with Crippen LogP contribution in [0.2, 0.25) is 23.9 Å². The van der Waals surface area contributed by atoms with Gasteiger partial charge in [0.2, 0.25) is 0 Å². The molecule has 0 unspecified atom stereocenters. The Balaban J connectivity index is 2.20. The van der Waals surface area contributed by atoms with Crippen LogP contribution in [0.25, 0.3) is 0 Å². The van der Waals surface area contributed by atoms with Crippen LogP contribution < -0.4 is 0 Å². The van der Waals surface area contributed by atoms with Gasteiger partial charge in [-0.25, -0.2) is 0 Å². The van der Waals surface area contributed by atoms with Crippen LogP contribution in [0.15, 0.2) is 0 Å². The third-order valence-corrected chi connectivity index (χ3v) is 10.5. The van der Waals surface area contributed by atoms with E-state index in [0.717, 1.165) is 11.8 Å². The van der Waals surface area contributed by atoms with Gasteiger partial charge < -0.3 is 9.31 Å². The van der Waals surface area contributed by atoms with Crippen molar-refractivity contribution in [2.45, 2.75) is 117 Å². The Labute approximate surface area is 159 Å². The van der Waals surface area contributed by atoms with Gasteiger partial charge in [-0.1, -0.05) is 59.2 Å². The Morgan fingerprint density at radius 1 is 0.960 bits per heavy atom. The zero-order valence-electron chi connectivity index (χ0n) is 18.4. The van der Waals surface area contributed by atoms with Crippen LogP contribution in [-0.4, -0.2) is 27.1 Å². The molecular weight excluding hydrogens is 323 g/mol. The summed E-state index contributed by atoms with van der Waals surface area (Å²) in [5.41, 5.74) is -0.0312. The topological polar surface area (TPSA) is 18.5 Å². The first-order chi connectivity index (χ1) is 11.4. The lowest BCUT2D eigenvalue weighted by atomic mass is 9.54. The van der Waals surface area contributed by atoms with Gasteiger partial charge in [-0.3, -0.25) is 0 Å². The first-order valence-electron chi connectivity index (χ1n) is 10.6. The molecule has 25 heavy (non-hydrogen) atoms. The largest absolute Gasteiger partial charge is 0.461 e. The van der Waals surface area contributed by atoms with E-state index < -0.39 is 0 Å². The third-order valence-electron chi connectivity index (χ3n) is 7.44. The molecule has 1 radical (unpaired) electrons. The summed E-state index contributed by atoms with van der Waals surface area (Å²) in [5.74, 6) is 2.14. The Kier molecular flexibility index (Phi) is 6.60. The monoisotopic (exact) mass is 365 g/mol. The average Bonchev–Trinajstić information content (AvgIpc) is 2.72. The first kappa shape index (κ1) is 21.5. The maximum atomic E-state index is 6.53. The van der Waals surface area contributed by atoms with Gasteiger partial charge in [0.1, 0.15) is 0 Å². The van der Waals surface area contributed by atoms with Gasteiger partial charge in [-0.05, 0) is 63.6 Å². The molecule has 1 heterocycles. The van der Waals surface area contributed by atoms with E-state index in [2.05, 4.69) is 62.3 Å². The van der Waals surface area contributed by atoms with Gasteiger partial charge in [0.25, 0.3) is 0 Å². The predicted molar refractivity (Wildman–Crippen MR) is 112 cm³/mol. The van der Waals surface area contributed by atoms with Gasteiger partial charge in [-0.15, -0.1) is 0 Å². The normalized spacial score (nSPS) is 32.4. The van der Waals surface area contributed by atoms with E-state index in [1.54, 1.807) is 0 Å². The summed E-state index contributed by atoms with van der Waals surface area (Å²) < 4.78 is 13.1. The molecule has 0 aromatic rings.